The van der Waals surface area contributed by atoms with Crippen molar-refractivity contribution in [1.29, 1.82) is 0 Å². The number of hydrogen-bond acceptors (Lipinski definition) is 9. The summed E-state index contributed by atoms with van der Waals surface area (Å²) in [6, 6.07) is 29.9. The van der Waals surface area contributed by atoms with Gasteiger partial charge < -0.3 is 44.5 Å². The van der Waals surface area contributed by atoms with Crippen LogP contribution < -0.4 is 10.6 Å². The molecule has 79 heavy (non-hydrogen) atoms. The summed E-state index contributed by atoms with van der Waals surface area (Å²) in [5, 5.41) is 32.3. The first-order chi connectivity index (χ1) is 38.4. The first kappa shape index (κ1) is 65.1. The molecule has 0 radical (unpaired) electrons. The average molecular weight is 1080 g/mol. The number of benzene rings is 4. The van der Waals surface area contributed by atoms with Gasteiger partial charge in [0.15, 0.2) is 0 Å². The number of carbonyl (C=O) groups excluding carboxylic acids is 2. The molecule has 424 valence electrons. The lowest BCUT2D eigenvalue weighted by Crippen LogP contribution is -2.28. The average Bonchev–Trinajstić information content (AvgIpc) is 3.46. The van der Waals surface area contributed by atoms with Crippen LogP contribution in [-0.2, 0) is 46.1 Å². The topological polar surface area (TPSA) is 145 Å². The zero-order valence-electron chi connectivity index (χ0n) is 47.9. The van der Waals surface area contributed by atoms with Crippen LogP contribution in [0.25, 0.3) is 21.5 Å². The van der Waals surface area contributed by atoms with Crippen LogP contribution in [0.3, 0.4) is 0 Å². The van der Waals surface area contributed by atoms with E-state index in [9.17, 15) is 19.8 Å². The van der Waals surface area contributed by atoms with Gasteiger partial charge in [0.25, 0.3) is 0 Å². The minimum Gasteiger partial charge on any atom is -0.388 e. The molecule has 0 aliphatic rings. The predicted molar refractivity (Wildman–Crippen MR) is 322 cm³/mol. The molecule has 11 heteroatoms. The van der Waals surface area contributed by atoms with Gasteiger partial charge in [0, 0.05) is 48.9 Å². The van der Waals surface area contributed by atoms with Crippen LogP contribution in [0.2, 0.25) is 0 Å². The smallest absolute Gasteiger partial charge is 0.246 e. The highest BCUT2D eigenvalue weighted by Crippen LogP contribution is 2.21. The third kappa shape index (κ3) is 27.9. The summed E-state index contributed by atoms with van der Waals surface area (Å²) >= 11 is 0. The fourth-order valence-corrected chi connectivity index (χ4v) is 8.31. The van der Waals surface area contributed by atoms with Gasteiger partial charge in [-0.05, 0) is 122 Å². The van der Waals surface area contributed by atoms with E-state index in [1.54, 1.807) is 26.0 Å². The molecule has 0 unspecified atom stereocenters. The molecule has 4 N–H and O–H groups in total. The number of fused-ring (bicyclic) bond motifs is 2. The van der Waals surface area contributed by atoms with E-state index < -0.39 is 12.2 Å². The molecular weight excluding hydrogens is 989 g/mol. The normalized spacial score (nSPS) is 14.0. The highest BCUT2D eigenvalue weighted by Gasteiger charge is 2.14. The Labute approximate surface area is 472 Å². The minimum absolute atomic E-state index is 0.0552. The molecule has 0 heterocycles. The molecule has 2 amide bonds. The molecule has 0 fully saturated rings. The zero-order chi connectivity index (χ0) is 56.7. The van der Waals surface area contributed by atoms with Crippen molar-refractivity contribution in [3.05, 3.63) is 167 Å². The van der Waals surface area contributed by atoms with Gasteiger partial charge in [0.1, 0.15) is 0 Å². The van der Waals surface area contributed by atoms with Crippen molar-refractivity contribution in [1.82, 2.24) is 10.6 Å². The number of hydrogen-bond donors (Lipinski definition) is 4. The Kier molecular flexibility index (Phi) is 32.9. The monoisotopic (exact) mass is 1080 g/mol. The SMILES string of the molecule is C/C(=C\CCC#C/C=C/[C@@H](C)[C@@H](O)/C(C)=C/CCc1ccc2ccccc2c1)C(=O)NCCOCCOCCOCCOCCOCCNC(=O)/C(C)=C/CCC#C/C=C/[C@@H](C)[C@@H](O)/C(C)=C/CCc1ccc2ccccc2c1. The molecule has 0 saturated heterocycles. The molecule has 0 aliphatic carbocycles. The predicted octanol–water partition coefficient (Wildman–Crippen LogP) is 11.3. The largest absolute Gasteiger partial charge is 0.388 e. The maximum absolute atomic E-state index is 12.4. The quantitative estimate of drug-likeness (QED) is 0.0151. The fourth-order valence-electron chi connectivity index (χ4n) is 8.31. The first-order valence-corrected chi connectivity index (χ1v) is 28.2. The summed E-state index contributed by atoms with van der Waals surface area (Å²) in [5.74, 6) is 12.0. The molecule has 4 atom stereocenters. The lowest BCUT2D eigenvalue weighted by atomic mass is 9.96. The highest BCUT2D eigenvalue weighted by atomic mass is 16.6. The van der Waals surface area contributed by atoms with Gasteiger partial charge in [-0.15, -0.1) is 0 Å². The van der Waals surface area contributed by atoms with E-state index in [4.69, 9.17) is 23.7 Å². The third-order valence-electron chi connectivity index (χ3n) is 13.2. The van der Waals surface area contributed by atoms with E-state index in [0.29, 0.717) is 116 Å². The number of aliphatic hydroxyl groups excluding tert-OH is 2. The van der Waals surface area contributed by atoms with E-state index >= 15 is 0 Å². The Bertz CT molecular complexity index is 2580. The number of aryl methyl sites for hydroxylation is 2. The van der Waals surface area contributed by atoms with Gasteiger partial charge in [-0.3, -0.25) is 9.59 Å². The van der Waals surface area contributed by atoms with Crippen molar-refractivity contribution >= 4 is 33.4 Å². The Morgan fingerprint density at radius 3 is 1.22 bits per heavy atom. The fraction of sp³-hybridized carbons (Fsp3) is 0.441. The van der Waals surface area contributed by atoms with Gasteiger partial charge in [-0.1, -0.05) is 159 Å². The Hall–Kier alpha value is -6.38. The first-order valence-electron chi connectivity index (χ1n) is 28.2. The maximum atomic E-state index is 12.4. The number of carbonyl (C=O) groups is 2. The van der Waals surface area contributed by atoms with Crippen molar-refractivity contribution in [2.45, 2.75) is 105 Å². The molecule has 4 rings (SSSR count). The standard InChI is InChI=1S/C68H88N2O9/c1-53(65(71)55(3)27-21-29-59-35-37-61-31-17-19-33-63(61)51-59)23-13-9-7-11-15-25-57(5)67(73)69-39-41-75-43-45-77-47-49-79-50-48-78-46-44-76-42-40-70-68(74)58(6)26-16-12-8-10-14-24-54(2)66(72)56(4)28-22-30-60-36-38-62-32-18-20-34-64(62)52-60/h13-14,17-20,23-28,31-38,51-54,65-66,71-72H,11-12,15-16,21-22,29-30,39-50H2,1-6H3,(H,69,73)(H,70,74)/b23-13+,24-14+,55-27+,56-28+,57-25+,58-26+/t53-,54-,65-,66-/m1/s1. The minimum atomic E-state index is -0.559. The number of ether oxygens (including phenoxy) is 5. The van der Waals surface area contributed by atoms with Crippen molar-refractivity contribution in [2.75, 3.05) is 79.2 Å². The summed E-state index contributed by atoms with van der Waals surface area (Å²) in [5.41, 5.74) is 5.80. The van der Waals surface area contributed by atoms with Crippen LogP contribution in [0.15, 0.2) is 156 Å². The van der Waals surface area contributed by atoms with Crippen LogP contribution in [0.4, 0.5) is 0 Å². The second kappa shape index (κ2) is 39.9. The summed E-state index contributed by atoms with van der Waals surface area (Å²) in [7, 11) is 0. The second-order valence-electron chi connectivity index (χ2n) is 19.7. The van der Waals surface area contributed by atoms with E-state index in [1.807, 2.05) is 52.0 Å². The lowest BCUT2D eigenvalue weighted by Gasteiger charge is -2.16. The van der Waals surface area contributed by atoms with Crippen molar-refractivity contribution < 1.29 is 43.5 Å². The summed E-state index contributed by atoms with van der Waals surface area (Å²) < 4.78 is 27.8. The van der Waals surface area contributed by atoms with Crippen molar-refractivity contribution in [3.63, 3.8) is 0 Å². The van der Waals surface area contributed by atoms with Crippen molar-refractivity contribution in [2.24, 2.45) is 11.8 Å². The van der Waals surface area contributed by atoms with E-state index in [-0.39, 0.29) is 23.7 Å². The van der Waals surface area contributed by atoms with Gasteiger partial charge in [-0.25, -0.2) is 0 Å². The van der Waals surface area contributed by atoms with Crippen LogP contribution in [0, 0.1) is 35.5 Å². The number of nitrogens with one attached hydrogen (secondary N) is 2. The Morgan fingerprint density at radius 1 is 0.481 bits per heavy atom. The van der Waals surface area contributed by atoms with E-state index in [1.165, 1.54) is 32.7 Å². The number of amides is 2. The highest BCUT2D eigenvalue weighted by molar-refractivity contribution is 5.93. The van der Waals surface area contributed by atoms with Crippen LogP contribution >= 0.6 is 0 Å². The van der Waals surface area contributed by atoms with E-state index in [2.05, 4.69) is 131 Å². The van der Waals surface area contributed by atoms with Crippen LogP contribution in [0.1, 0.15) is 91.2 Å². The van der Waals surface area contributed by atoms with Crippen LogP contribution in [0.5, 0.6) is 0 Å². The number of rotatable bonds is 36. The number of unbranched alkanes of at least 4 members (excludes halogenated alkanes) is 2. The third-order valence-corrected chi connectivity index (χ3v) is 13.2. The Balaban J connectivity index is 0.880. The Morgan fingerprint density at radius 2 is 0.835 bits per heavy atom. The molecule has 0 aromatic heterocycles. The molecule has 0 aliphatic heterocycles. The number of aliphatic hydroxyl groups is 2. The molecule has 0 spiro atoms. The molecule has 0 bridgehead atoms. The molecule has 4 aromatic rings. The van der Waals surface area contributed by atoms with Gasteiger partial charge >= 0.3 is 0 Å². The molecule has 4 aromatic carbocycles. The maximum Gasteiger partial charge on any atom is 0.246 e. The van der Waals surface area contributed by atoms with Gasteiger partial charge in [0.2, 0.25) is 11.8 Å². The van der Waals surface area contributed by atoms with E-state index in [0.717, 1.165) is 36.8 Å². The lowest BCUT2D eigenvalue weighted by molar-refractivity contribution is -0.118. The summed E-state index contributed by atoms with van der Waals surface area (Å²) in [4.78, 5) is 24.9. The van der Waals surface area contributed by atoms with Crippen LogP contribution in [-0.4, -0.2) is 113 Å². The molecular formula is C68H88N2O9. The molecule has 11 nitrogen and oxygen atoms in total. The van der Waals surface area contributed by atoms with Gasteiger partial charge in [-0.2, -0.15) is 0 Å². The van der Waals surface area contributed by atoms with Gasteiger partial charge in [0.05, 0.1) is 78.3 Å². The van der Waals surface area contributed by atoms with Crippen molar-refractivity contribution in [3.8, 4) is 23.7 Å². The second-order valence-corrected chi connectivity index (χ2v) is 19.7. The zero-order valence-corrected chi connectivity index (χ0v) is 47.9. The number of allylic oxidation sites excluding steroid dienone is 6. The molecule has 0 saturated carbocycles. The summed E-state index contributed by atoms with van der Waals surface area (Å²) in [6.45, 7) is 16.5. The summed E-state index contributed by atoms with van der Waals surface area (Å²) in [6.07, 6.45) is 20.6.